The van der Waals surface area contributed by atoms with E-state index in [-0.39, 0.29) is 6.54 Å². The Hall–Kier alpha value is -2.08. The molecule has 2 N–H and O–H groups in total. The van der Waals surface area contributed by atoms with Crippen molar-refractivity contribution in [2.45, 2.75) is 13.0 Å². The predicted molar refractivity (Wildman–Crippen MR) is 63.4 cm³/mol. The predicted octanol–water partition coefficient (Wildman–Crippen LogP) is 1.14. The second kappa shape index (κ2) is 4.30. The van der Waals surface area contributed by atoms with E-state index in [2.05, 4.69) is 10.1 Å². The third kappa shape index (κ3) is 1.70. The molecule has 0 spiro atoms. The molecule has 2 heterocycles. The molecular formula is C12H13N3O3. The molecule has 1 aliphatic heterocycles. The molecule has 1 aromatic heterocycles. The summed E-state index contributed by atoms with van der Waals surface area (Å²) in [6.45, 7) is 0.910. The molecule has 0 aliphatic carbocycles. The minimum Gasteiger partial charge on any atom is -0.493 e. The second-order valence-corrected chi connectivity index (χ2v) is 3.98. The first kappa shape index (κ1) is 11.0. The van der Waals surface area contributed by atoms with Crippen molar-refractivity contribution in [2.75, 3.05) is 13.7 Å². The van der Waals surface area contributed by atoms with Crippen molar-refractivity contribution >= 4 is 0 Å². The number of nitrogens with zero attached hydrogens (tertiary/aromatic N) is 2. The van der Waals surface area contributed by atoms with Crippen LogP contribution in [0.25, 0.3) is 11.4 Å². The maximum absolute atomic E-state index is 5.53. The van der Waals surface area contributed by atoms with E-state index < -0.39 is 0 Å². The van der Waals surface area contributed by atoms with E-state index in [0.717, 1.165) is 23.3 Å². The maximum Gasteiger partial charge on any atom is 0.240 e. The Kier molecular flexibility index (Phi) is 2.64. The summed E-state index contributed by atoms with van der Waals surface area (Å²) in [6.07, 6.45) is 0.862. The molecule has 2 aromatic rings. The second-order valence-electron chi connectivity index (χ2n) is 3.98. The van der Waals surface area contributed by atoms with Crippen molar-refractivity contribution < 1.29 is 14.0 Å². The van der Waals surface area contributed by atoms with Crippen LogP contribution in [0.15, 0.2) is 16.7 Å². The van der Waals surface area contributed by atoms with Crippen LogP contribution in [0.2, 0.25) is 0 Å². The van der Waals surface area contributed by atoms with Crippen LogP contribution in [0.3, 0.4) is 0 Å². The van der Waals surface area contributed by atoms with Crippen LogP contribution in [0.1, 0.15) is 11.5 Å². The molecule has 0 saturated carbocycles. The molecule has 18 heavy (non-hydrogen) atoms. The smallest absolute Gasteiger partial charge is 0.240 e. The maximum atomic E-state index is 5.53. The van der Waals surface area contributed by atoms with Crippen molar-refractivity contribution in [3.63, 3.8) is 0 Å². The first-order chi connectivity index (χ1) is 8.81. The van der Waals surface area contributed by atoms with Gasteiger partial charge in [-0.05, 0) is 12.1 Å². The van der Waals surface area contributed by atoms with Gasteiger partial charge in [-0.25, -0.2) is 0 Å². The number of ether oxygens (including phenoxy) is 2. The molecular weight excluding hydrogens is 234 g/mol. The van der Waals surface area contributed by atoms with Crippen molar-refractivity contribution in [2.24, 2.45) is 5.73 Å². The highest BCUT2D eigenvalue weighted by Gasteiger charge is 2.20. The zero-order chi connectivity index (χ0) is 12.5. The summed E-state index contributed by atoms with van der Waals surface area (Å²) in [5.74, 6) is 2.44. The lowest BCUT2D eigenvalue weighted by Gasteiger charge is -2.07. The van der Waals surface area contributed by atoms with Gasteiger partial charge in [0.25, 0.3) is 0 Å². The van der Waals surface area contributed by atoms with E-state index in [4.69, 9.17) is 19.7 Å². The fraction of sp³-hybridized carbons (Fsp3) is 0.333. The van der Waals surface area contributed by atoms with Crippen LogP contribution >= 0.6 is 0 Å². The minimum absolute atomic E-state index is 0.234. The van der Waals surface area contributed by atoms with Crippen LogP contribution in [0, 0.1) is 0 Å². The number of methoxy groups -OCH3 is 1. The molecule has 0 bridgehead atoms. The van der Waals surface area contributed by atoms with Crippen LogP contribution in [-0.4, -0.2) is 23.9 Å². The summed E-state index contributed by atoms with van der Waals surface area (Å²) in [7, 11) is 1.61. The number of nitrogens with two attached hydrogens (primary N) is 1. The fourth-order valence-corrected chi connectivity index (χ4v) is 2.01. The Labute approximate surface area is 104 Å². The number of benzene rings is 1. The molecule has 6 heteroatoms. The van der Waals surface area contributed by atoms with Crippen LogP contribution in [-0.2, 0) is 13.0 Å². The Balaban J connectivity index is 2.07. The van der Waals surface area contributed by atoms with Gasteiger partial charge in [0.2, 0.25) is 11.7 Å². The Morgan fingerprint density at radius 3 is 3.06 bits per heavy atom. The summed E-state index contributed by atoms with van der Waals surface area (Å²) in [5.41, 5.74) is 7.39. The Bertz CT molecular complexity index is 580. The van der Waals surface area contributed by atoms with E-state index in [1.54, 1.807) is 7.11 Å². The van der Waals surface area contributed by atoms with Gasteiger partial charge in [0.05, 0.1) is 20.3 Å². The summed E-state index contributed by atoms with van der Waals surface area (Å²) in [5, 5.41) is 3.90. The van der Waals surface area contributed by atoms with Gasteiger partial charge in [-0.2, -0.15) is 4.98 Å². The van der Waals surface area contributed by atoms with Crippen LogP contribution in [0.5, 0.6) is 11.5 Å². The van der Waals surface area contributed by atoms with E-state index in [1.807, 2.05) is 12.1 Å². The lowest BCUT2D eigenvalue weighted by molar-refractivity contribution is 0.326. The molecule has 1 aromatic carbocycles. The number of hydrogen-bond acceptors (Lipinski definition) is 6. The van der Waals surface area contributed by atoms with E-state index in [9.17, 15) is 0 Å². The first-order valence-electron chi connectivity index (χ1n) is 5.68. The van der Waals surface area contributed by atoms with Gasteiger partial charge < -0.3 is 19.7 Å². The van der Waals surface area contributed by atoms with Crippen molar-refractivity contribution in [3.8, 4) is 22.9 Å². The van der Waals surface area contributed by atoms with Crippen LogP contribution in [0.4, 0.5) is 0 Å². The molecule has 6 nitrogen and oxygen atoms in total. The number of hydrogen-bond donors (Lipinski definition) is 1. The quantitative estimate of drug-likeness (QED) is 0.875. The van der Waals surface area contributed by atoms with Crippen molar-refractivity contribution in [1.82, 2.24) is 10.1 Å². The van der Waals surface area contributed by atoms with Crippen molar-refractivity contribution in [3.05, 3.63) is 23.6 Å². The molecule has 0 unspecified atom stereocenters. The molecule has 3 rings (SSSR count). The van der Waals surface area contributed by atoms with Crippen molar-refractivity contribution in [1.29, 1.82) is 0 Å². The Morgan fingerprint density at radius 1 is 1.44 bits per heavy atom. The zero-order valence-corrected chi connectivity index (χ0v) is 9.97. The largest absolute Gasteiger partial charge is 0.493 e. The van der Waals surface area contributed by atoms with Crippen LogP contribution < -0.4 is 15.2 Å². The molecule has 0 radical (unpaired) electrons. The average Bonchev–Trinajstić information content (AvgIpc) is 3.05. The monoisotopic (exact) mass is 247 g/mol. The third-order valence-corrected chi connectivity index (χ3v) is 2.87. The molecule has 0 amide bonds. The molecule has 0 fully saturated rings. The minimum atomic E-state index is 0.234. The van der Waals surface area contributed by atoms with Gasteiger partial charge in [-0.3, -0.25) is 0 Å². The summed E-state index contributed by atoms with van der Waals surface area (Å²) in [6, 6.07) is 3.84. The average molecular weight is 247 g/mol. The van der Waals surface area contributed by atoms with E-state index in [0.29, 0.717) is 24.1 Å². The van der Waals surface area contributed by atoms with Gasteiger partial charge in [0, 0.05) is 17.5 Å². The van der Waals surface area contributed by atoms with E-state index >= 15 is 0 Å². The lowest BCUT2D eigenvalue weighted by Crippen LogP contribution is -1.96. The van der Waals surface area contributed by atoms with E-state index in [1.165, 1.54) is 0 Å². The molecule has 0 atom stereocenters. The van der Waals surface area contributed by atoms with Gasteiger partial charge >= 0.3 is 0 Å². The van der Waals surface area contributed by atoms with Gasteiger partial charge in [-0.15, -0.1) is 0 Å². The Morgan fingerprint density at radius 2 is 2.33 bits per heavy atom. The molecule has 1 aliphatic rings. The number of aromatic nitrogens is 2. The third-order valence-electron chi connectivity index (χ3n) is 2.87. The molecule has 94 valence electrons. The molecule has 0 saturated heterocycles. The summed E-state index contributed by atoms with van der Waals surface area (Å²) in [4.78, 5) is 4.20. The van der Waals surface area contributed by atoms with Gasteiger partial charge in [0.15, 0.2) is 11.5 Å². The first-order valence-corrected chi connectivity index (χ1v) is 5.68. The highest BCUT2D eigenvalue weighted by Crippen LogP contribution is 2.38. The highest BCUT2D eigenvalue weighted by atomic mass is 16.5. The van der Waals surface area contributed by atoms with Gasteiger partial charge in [-0.1, -0.05) is 5.16 Å². The topological polar surface area (TPSA) is 83.4 Å². The number of rotatable bonds is 3. The number of fused-ring (bicyclic) bond motifs is 1. The normalized spacial score (nSPS) is 13.2. The van der Waals surface area contributed by atoms with Gasteiger partial charge in [0.1, 0.15) is 0 Å². The summed E-state index contributed by atoms with van der Waals surface area (Å²) < 4.78 is 15.8. The zero-order valence-electron chi connectivity index (χ0n) is 9.97. The highest BCUT2D eigenvalue weighted by molar-refractivity contribution is 5.64. The fourth-order valence-electron chi connectivity index (χ4n) is 2.01. The standard InChI is InChI=1S/C12H13N3O3/c1-16-9-5-8(4-7-2-3-17-11(7)9)12-14-10(6-13)18-15-12/h4-5H,2-3,6,13H2,1H3. The SMILES string of the molecule is COc1cc(-c2noc(CN)n2)cc2c1OCC2. The lowest BCUT2D eigenvalue weighted by atomic mass is 10.1. The summed E-state index contributed by atoms with van der Waals surface area (Å²) >= 11 is 0.